The molecule has 14 heavy (non-hydrogen) atoms. The molecule has 1 aromatic heterocycles. The van der Waals surface area contributed by atoms with E-state index in [1.54, 1.807) is 18.2 Å². The van der Waals surface area contributed by atoms with Gasteiger partial charge in [0, 0.05) is 0 Å². The van der Waals surface area contributed by atoms with Gasteiger partial charge in [-0.1, -0.05) is 6.07 Å². The van der Waals surface area contributed by atoms with Crippen molar-refractivity contribution in [2.75, 3.05) is 0 Å². The summed E-state index contributed by atoms with van der Waals surface area (Å²) in [5.74, 6) is 0.435. The first-order valence-electron chi connectivity index (χ1n) is 4.16. The predicted molar refractivity (Wildman–Crippen MR) is 51.7 cm³/mol. The first kappa shape index (κ1) is 9.20. The van der Waals surface area contributed by atoms with Crippen molar-refractivity contribution in [3.63, 3.8) is 0 Å². The Balaban J connectivity index is 2.54. The predicted octanol–water partition coefficient (Wildman–Crippen LogP) is -1.03. The monoisotopic (exact) mass is 192 g/mol. The molecule has 0 saturated heterocycles. The third-order valence-electron chi connectivity index (χ3n) is 1.93. The molecule has 0 bridgehead atoms. The molecule has 72 valence electrons. The van der Waals surface area contributed by atoms with E-state index in [0.717, 1.165) is 0 Å². The number of nitrogens with zero attached hydrogens (tertiary/aromatic N) is 1. The Bertz CT molecular complexity index is 455. The van der Waals surface area contributed by atoms with E-state index in [-0.39, 0.29) is 6.54 Å². The summed E-state index contributed by atoms with van der Waals surface area (Å²) in [6, 6.07) is 4.76. The van der Waals surface area contributed by atoms with Gasteiger partial charge in [-0.2, -0.15) is 0 Å². The fourth-order valence-electron chi connectivity index (χ4n) is 1.24. The molecule has 4 N–H and O–H groups in total. The summed E-state index contributed by atoms with van der Waals surface area (Å²) in [6.07, 6.45) is 0. The number of hydrogen-bond acceptors (Lipinski definition) is 5. The Hall–Kier alpha value is -1.37. The van der Waals surface area contributed by atoms with Gasteiger partial charge in [0.2, 0.25) is 5.89 Å². The van der Waals surface area contributed by atoms with Crippen LogP contribution in [0.2, 0.25) is 0 Å². The van der Waals surface area contributed by atoms with Gasteiger partial charge in [0.05, 0.1) is 6.54 Å². The number of benzene rings is 1. The van der Waals surface area contributed by atoms with Crippen molar-refractivity contribution in [1.82, 2.24) is 4.98 Å². The van der Waals surface area contributed by atoms with Gasteiger partial charge in [-0.05, 0) is 17.6 Å². The molecule has 0 atom stereocenters. The molecule has 0 aliphatic rings. The van der Waals surface area contributed by atoms with Gasteiger partial charge < -0.3 is 20.2 Å². The number of nitrogens with two attached hydrogens (primary N) is 1. The van der Waals surface area contributed by atoms with Gasteiger partial charge in [0.15, 0.2) is 5.58 Å². The van der Waals surface area contributed by atoms with Gasteiger partial charge in [-0.3, -0.25) is 0 Å². The Morgan fingerprint density at radius 1 is 1.43 bits per heavy atom. The van der Waals surface area contributed by atoms with Crippen LogP contribution in [0.15, 0.2) is 22.6 Å². The fraction of sp³-hybridized carbons (Fsp3) is 0.125. The maximum atomic E-state index is 8.92. The first-order valence-corrected chi connectivity index (χ1v) is 4.16. The molecule has 0 amide bonds. The van der Waals surface area contributed by atoms with Gasteiger partial charge in [-0.15, -0.1) is 0 Å². The van der Waals surface area contributed by atoms with Crippen LogP contribution in [0.3, 0.4) is 0 Å². The van der Waals surface area contributed by atoms with Crippen LogP contribution >= 0.6 is 0 Å². The van der Waals surface area contributed by atoms with E-state index >= 15 is 0 Å². The third kappa shape index (κ3) is 1.50. The molecule has 0 aliphatic heterocycles. The topological polar surface area (TPSA) is 92.5 Å². The van der Waals surface area contributed by atoms with Crippen molar-refractivity contribution in [2.24, 2.45) is 5.73 Å². The van der Waals surface area contributed by atoms with Crippen LogP contribution in [0.5, 0.6) is 0 Å². The van der Waals surface area contributed by atoms with Gasteiger partial charge in [0.25, 0.3) is 0 Å². The number of aromatic nitrogens is 1. The van der Waals surface area contributed by atoms with Crippen LogP contribution in [0, 0.1) is 0 Å². The smallest absolute Gasteiger partial charge is 0.439 e. The lowest BCUT2D eigenvalue weighted by Gasteiger charge is -1.96. The minimum absolute atomic E-state index is 0.228. The highest BCUT2D eigenvalue weighted by atomic mass is 16.4. The van der Waals surface area contributed by atoms with Crippen LogP contribution in [-0.4, -0.2) is 22.2 Å². The van der Waals surface area contributed by atoms with Crippen molar-refractivity contribution in [2.45, 2.75) is 6.54 Å². The lowest BCUT2D eigenvalue weighted by Crippen LogP contribution is -2.29. The largest absolute Gasteiger partial charge is 0.488 e. The van der Waals surface area contributed by atoms with E-state index < -0.39 is 7.12 Å². The first-order chi connectivity index (χ1) is 6.70. The molecule has 6 heteroatoms. The Morgan fingerprint density at radius 2 is 2.21 bits per heavy atom. The minimum Gasteiger partial charge on any atom is -0.439 e. The second-order valence-corrected chi connectivity index (χ2v) is 2.91. The molecule has 0 radical (unpaired) electrons. The second kappa shape index (κ2) is 3.41. The van der Waals surface area contributed by atoms with Crippen LogP contribution in [-0.2, 0) is 6.54 Å². The summed E-state index contributed by atoms with van der Waals surface area (Å²) in [6.45, 7) is 0.228. The van der Waals surface area contributed by atoms with Crippen molar-refractivity contribution in [1.29, 1.82) is 0 Å². The normalized spacial score (nSPS) is 10.8. The molecule has 0 unspecified atom stereocenters. The van der Waals surface area contributed by atoms with Crippen molar-refractivity contribution >= 4 is 23.7 Å². The molecule has 1 aromatic carbocycles. The molecular weight excluding hydrogens is 183 g/mol. The number of rotatable bonds is 2. The highest BCUT2D eigenvalue weighted by Gasteiger charge is 2.13. The van der Waals surface area contributed by atoms with Crippen molar-refractivity contribution < 1.29 is 14.5 Å². The molecule has 0 saturated carbocycles. The zero-order chi connectivity index (χ0) is 10.1. The highest BCUT2D eigenvalue weighted by Crippen LogP contribution is 2.13. The van der Waals surface area contributed by atoms with E-state index in [1.165, 1.54) is 0 Å². The van der Waals surface area contributed by atoms with Crippen LogP contribution in [0.4, 0.5) is 0 Å². The van der Waals surface area contributed by atoms with E-state index in [4.69, 9.17) is 20.2 Å². The standard InChI is InChI=1S/C8H9BN2O3/c10-4-8-11-6-3-5(9(12)13)1-2-7(6)14-8/h1-3,12-13H,4,10H2. The van der Waals surface area contributed by atoms with Gasteiger partial charge in [0.1, 0.15) is 5.52 Å². The highest BCUT2D eigenvalue weighted by molar-refractivity contribution is 6.58. The Morgan fingerprint density at radius 3 is 2.86 bits per heavy atom. The number of oxazole rings is 1. The second-order valence-electron chi connectivity index (χ2n) is 2.91. The molecule has 0 fully saturated rings. The zero-order valence-corrected chi connectivity index (χ0v) is 7.34. The zero-order valence-electron chi connectivity index (χ0n) is 7.34. The summed E-state index contributed by atoms with van der Waals surface area (Å²) >= 11 is 0. The van der Waals surface area contributed by atoms with E-state index in [1.807, 2.05) is 0 Å². The van der Waals surface area contributed by atoms with Crippen LogP contribution in [0.25, 0.3) is 11.1 Å². The van der Waals surface area contributed by atoms with Gasteiger partial charge >= 0.3 is 7.12 Å². The quantitative estimate of drug-likeness (QED) is 0.528. The summed E-state index contributed by atoms with van der Waals surface area (Å²) in [5, 5.41) is 17.8. The lowest BCUT2D eigenvalue weighted by atomic mass is 9.80. The van der Waals surface area contributed by atoms with Crippen molar-refractivity contribution in [3.8, 4) is 0 Å². The van der Waals surface area contributed by atoms with Crippen LogP contribution in [0.1, 0.15) is 5.89 Å². The molecule has 0 aliphatic carbocycles. The van der Waals surface area contributed by atoms with Crippen LogP contribution < -0.4 is 11.2 Å². The number of hydrogen-bond donors (Lipinski definition) is 3. The molecule has 1 heterocycles. The minimum atomic E-state index is -1.49. The summed E-state index contributed by atoms with van der Waals surface area (Å²) in [4.78, 5) is 4.06. The molecule has 2 aromatic rings. The lowest BCUT2D eigenvalue weighted by molar-refractivity contribution is 0.426. The maximum Gasteiger partial charge on any atom is 0.488 e. The molecule has 0 spiro atoms. The summed E-state index contributed by atoms with van der Waals surface area (Å²) in [7, 11) is -1.49. The fourth-order valence-corrected chi connectivity index (χ4v) is 1.24. The molecule has 5 nitrogen and oxygen atoms in total. The average Bonchev–Trinajstić information content (AvgIpc) is 2.58. The van der Waals surface area contributed by atoms with Gasteiger partial charge in [-0.25, -0.2) is 4.98 Å². The molecule has 2 rings (SSSR count). The van der Waals surface area contributed by atoms with E-state index in [2.05, 4.69) is 4.98 Å². The summed E-state index contributed by atoms with van der Waals surface area (Å²) in [5.41, 5.74) is 6.91. The maximum absolute atomic E-state index is 8.92. The molecular formula is C8H9BN2O3. The average molecular weight is 192 g/mol. The Kier molecular flexibility index (Phi) is 2.24. The van der Waals surface area contributed by atoms with Crippen molar-refractivity contribution in [3.05, 3.63) is 24.1 Å². The summed E-state index contributed by atoms with van der Waals surface area (Å²) < 4.78 is 5.25. The Labute approximate surface area is 80.3 Å². The SMILES string of the molecule is NCc1nc2cc(B(O)O)ccc2o1. The van der Waals surface area contributed by atoms with E-state index in [9.17, 15) is 0 Å². The van der Waals surface area contributed by atoms with E-state index in [0.29, 0.717) is 22.5 Å². The number of fused-ring (bicyclic) bond motifs is 1. The third-order valence-corrected chi connectivity index (χ3v) is 1.93.